The number of carbonyl (C=O) groups is 1. The Morgan fingerprint density at radius 3 is 0.882 bits per heavy atom. The third-order valence-corrected chi connectivity index (χ3v) is 30.2. The van der Waals surface area contributed by atoms with Gasteiger partial charge in [-0.3, -0.25) is 4.79 Å². The Balaban J connectivity index is 0.0000000791. The predicted octanol–water partition coefficient (Wildman–Crippen LogP) is 8.41. The van der Waals surface area contributed by atoms with Gasteiger partial charge in [-0.15, -0.1) is 0 Å². The lowest BCUT2D eigenvalue weighted by atomic mass is 9.33. The van der Waals surface area contributed by atoms with Crippen LogP contribution in [0.3, 0.4) is 0 Å². The fraction of sp³-hybridized carbons (Fsp3) is 0.983. The summed E-state index contributed by atoms with van der Waals surface area (Å²) in [6, 6.07) is 0. The summed E-state index contributed by atoms with van der Waals surface area (Å²) in [6.07, 6.45) is 34.8. The van der Waals surface area contributed by atoms with Crippen LogP contribution >= 0.6 is 0 Å². The normalized spacial score (nSPS) is 65.4. The molecule has 7 nitrogen and oxygen atoms in total. The average molecular weight is 948 g/mol. The molecule has 0 atom stereocenters. The second-order valence-corrected chi connectivity index (χ2v) is 31.6. The number of aliphatic carboxylic acids is 1. The Kier molecular flexibility index (Phi) is 9.21. The molecule has 372 valence electrons. The highest BCUT2D eigenvalue weighted by molar-refractivity contribution is 5.75. The number of aliphatic hydroxyl groups excluding tert-OH is 1. The lowest BCUT2D eigenvalue weighted by Gasteiger charge is -2.72. The van der Waals surface area contributed by atoms with Crippen LogP contribution in [0.15, 0.2) is 5.11 Å². The lowest BCUT2D eigenvalue weighted by molar-refractivity contribution is -0.411. The molecule has 5 N–H and O–H groups in total. The standard InChI is InChI=1S/C15H21N3.C15H23N.C15H20O2.C15H22O.ClH/c16-18-17-7-15-4-12-9-1-8-2-10(12)14(6-15)11(3-8)13(9)5-15;16-7-15-4-12-9-1-8-2-10(12)14(6-15)11(3-8)13(9)5-15;16-14(17)15-4-11-8-1-7-2-9(11)13(6-15)10(3-7)12(8)5-15;16-7-15-4-12-9-1-8-2-10(12)14(6-15)11(3-8)13(9)5-15;/h8-14H,1-7H2;8-14H,1-7,16H2;7-13H,1-6H2,(H,16,17);8-14,16H,1-7H2;1H. The summed E-state index contributed by atoms with van der Waals surface area (Å²) in [5.41, 5.74) is 14.2. The van der Waals surface area contributed by atoms with Gasteiger partial charge in [0.1, 0.15) is 0 Å². The van der Waals surface area contributed by atoms with E-state index in [9.17, 15) is 15.0 Å². The Labute approximate surface area is 414 Å². The molecule has 28 fully saturated rings. The fourth-order valence-corrected chi connectivity index (χ4v) is 29.2. The van der Waals surface area contributed by atoms with E-state index >= 15 is 0 Å². The first-order valence-corrected chi connectivity index (χ1v) is 30.2. The fourth-order valence-electron chi connectivity index (χ4n) is 29.2. The van der Waals surface area contributed by atoms with Gasteiger partial charge in [0.05, 0.1) is 12.0 Å². The summed E-state index contributed by atoms with van der Waals surface area (Å²) < 4.78 is 0. The minimum absolute atomic E-state index is 0. The van der Waals surface area contributed by atoms with Crippen molar-refractivity contribution in [2.24, 2.45) is 192 Å². The summed E-state index contributed by atoms with van der Waals surface area (Å²) >= 11 is 0. The molecule has 8 heteroatoms. The average Bonchev–Trinajstić information content (AvgIpc) is 3.37. The number of quaternary nitrogens is 1. The molecule has 0 aromatic carbocycles. The molecule has 28 aliphatic rings. The van der Waals surface area contributed by atoms with E-state index < -0.39 is 5.97 Å². The van der Waals surface area contributed by atoms with Gasteiger partial charge in [0, 0.05) is 23.5 Å². The lowest BCUT2D eigenvalue weighted by Crippen LogP contribution is -3.00. The SMILES string of the molecule is O=C(O)C12CC3C4CC5CC3C(C1)C(C5)C4C2.OCC12CC3C4CC5CC3C(C1)C(C5)C4C2.[Cl-].[N-]=[N+]=NCC12CC3C4CC5CC3C(C1)C(C5)C4C2.[NH3+]CC12CC3C4CC5CC3C(C1)C(C5)C4C2. The second kappa shape index (κ2) is 14.4. The summed E-state index contributed by atoms with van der Waals surface area (Å²) in [4.78, 5) is 14.7. The van der Waals surface area contributed by atoms with E-state index in [1.54, 1.807) is 77.0 Å². The minimum Gasteiger partial charge on any atom is -1.00 e. The van der Waals surface area contributed by atoms with Crippen molar-refractivity contribution in [3.63, 3.8) is 0 Å². The Morgan fingerprint density at radius 1 is 0.426 bits per heavy atom. The summed E-state index contributed by atoms with van der Waals surface area (Å²) in [7, 11) is 0. The van der Waals surface area contributed by atoms with E-state index in [4.69, 9.17) is 5.53 Å². The molecule has 28 rings (SSSR count). The zero-order valence-corrected chi connectivity index (χ0v) is 42.2. The van der Waals surface area contributed by atoms with Crippen LogP contribution in [0, 0.1) is 187 Å². The smallest absolute Gasteiger partial charge is 0.309 e. The maximum absolute atomic E-state index is 11.7. The number of rotatable bonds is 5. The van der Waals surface area contributed by atoms with Crippen molar-refractivity contribution in [2.75, 3.05) is 19.7 Å². The number of azide groups is 1. The molecule has 28 saturated carbocycles. The summed E-state index contributed by atoms with van der Waals surface area (Å²) in [5, 5.41) is 23.4. The Hall–Kier alpha value is -1.01. The quantitative estimate of drug-likeness (QED) is 0.145. The van der Waals surface area contributed by atoms with Crippen LogP contribution in [0.1, 0.15) is 154 Å². The molecule has 68 heavy (non-hydrogen) atoms. The molecule has 0 aromatic rings. The predicted molar refractivity (Wildman–Crippen MR) is 255 cm³/mol. The summed E-state index contributed by atoms with van der Waals surface area (Å²) in [5.74, 6) is 28.8. The van der Waals surface area contributed by atoms with Gasteiger partial charge in [0.2, 0.25) is 0 Å². The van der Waals surface area contributed by atoms with Gasteiger partial charge in [-0.05, 0) is 336 Å². The Morgan fingerprint density at radius 2 is 0.662 bits per heavy atom. The number of hydrogen-bond acceptors (Lipinski definition) is 3. The van der Waals surface area contributed by atoms with Crippen molar-refractivity contribution < 1.29 is 33.1 Å². The van der Waals surface area contributed by atoms with E-state index in [0.717, 1.165) is 179 Å². The summed E-state index contributed by atoms with van der Waals surface area (Å²) in [6.45, 7) is 2.53. The molecule has 32 bridgehead atoms. The number of carboxylic acids is 1. The van der Waals surface area contributed by atoms with Crippen molar-refractivity contribution in [2.45, 2.75) is 154 Å². The molecule has 0 heterocycles. The van der Waals surface area contributed by atoms with Crippen molar-refractivity contribution >= 4 is 5.97 Å². The van der Waals surface area contributed by atoms with Gasteiger partial charge >= 0.3 is 5.97 Å². The van der Waals surface area contributed by atoms with E-state index in [-0.39, 0.29) is 17.8 Å². The molecule has 0 amide bonds. The second-order valence-electron chi connectivity index (χ2n) is 31.6. The minimum atomic E-state index is -0.467. The van der Waals surface area contributed by atoms with Crippen LogP contribution in [-0.2, 0) is 4.79 Å². The highest BCUT2D eigenvalue weighted by Gasteiger charge is 2.72. The van der Waals surface area contributed by atoms with Gasteiger partial charge in [-0.1, -0.05) is 5.11 Å². The maximum Gasteiger partial charge on any atom is 0.309 e. The molecule has 28 aliphatic carbocycles. The Bertz CT molecular complexity index is 1860. The number of halogens is 1. The molecule has 0 saturated heterocycles. The van der Waals surface area contributed by atoms with Crippen LogP contribution in [-0.4, -0.2) is 35.9 Å². The maximum atomic E-state index is 11.7. The monoisotopic (exact) mass is 947 g/mol. The van der Waals surface area contributed by atoms with Crippen LogP contribution in [0.4, 0.5) is 0 Å². The van der Waals surface area contributed by atoms with Gasteiger partial charge in [-0.2, -0.15) is 0 Å². The number of aliphatic hydroxyl groups is 1. The van der Waals surface area contributed by atoms with Gasteiger partial charge < -0.3 is 28.4 Å². The van der Waals surface area contributed by atoms with E-state index in [1.807, 2.05) is 0 Å². The van der Waals surface area contributed by atoms with Gasteiger partial charge in [0.15, 0.2) is 0 Å². The molecular formula is C60H87ClN4O3. The number of nitrogens with zero attached hydrogens (tertiary/aromatic N) is 3. The third kappa shape index (κ3) is 5.50. The van der Waals surface area contributed by atoms with Gasteiger partial charge in [-0.25, -0.2) is 0 Å². The molecule has 0 aromatic heterocycles. The third-order valence-electron chi connectivity index (χ3n) is 30.2. The number of carboxylic acid groups (broad SMARTS) is 1. The van der Waals surface area contributed by atoms with Crippen LogP contribution in [0.5, 0.6) is 0 Å². The van der Waals surface area contributed by atoms with Crippen molar-refractivity contribution in [3.05, 3.63) is 10.4 Å². The first kappa shape index (κ1) is 43.4. The van der Waals surface area contributed by atoms with E-state index in [1.165, 1.54) is 82.1 Å². The van der Waals surface area contributed by atoms with Gasteiger partial charge in [0.25, 0.3) is 0 Å². The van der Waals surface area contributed by atoms with Crippen molar-refractivity contribution in [1.29, 1.82) is 0 Å². The van der Waals surface area contributed by atoms with E-state index in [0.29, 0.717) is 17.4 Å². The largest absolute Gasteiger partial charge is 1.00 e. The first-order chi connectivity index (χ1) is 32.6. The van der Waals surface area contributed by atoms with Crippen LogP contribution < -0.4 is 18.1 Å². The zero-order valence-electron chi connectivity index (χ0n) is 41.5. The molecular weight excluding hydrogens is 860 g/mol. The van der Waals surface area contributed by atoms with Crippen LogP contribution in [0.2, 0.25) is 0 Å². The van der Waals surface area contributed by atoms with E-state index in [2.05, 4.69) is 15.8 Å². The van der Waals surface area contributed by atoms with Crippen molar-refractivity contribution in [3.8, 4) is 0 Å². The first-order valence-electron chi connectivity index (χ1n) is 30.2. The zero-order chi connectivity index (χ0) is 44.2. The highest BCUT2D eigenvalue weighted by atomic mass is 35.5. The molecule has 0 spiro atoms. The molecule has 0 unspecified atom stereocenters. The van der Waals surface area contributed by atoms with Crippen molar-refractivity contribution in [1.82, 2.24) is 0 Å². The molecule has 0 aliphatic heterocycles. The number of hydrogen-bond donors (Lipinski definition) is 3. The highest BCUT2D eigenvalue weighted by Crippen LogP contribution is 2.78. The topological polar surface area (TPSA) is 134 Å². The van der Waals surface area contributed by atoms with Crippen LogP contribution in [0.25, 0.3) is 10.4 Å². The molecule has 0 radical (unpaired) electrons.